The molecule has 1 atom stereocenters. The van der Waals surface area contributed by atoms with Crippen molar-refractivity contribution in [3.63, 3.8) is 0 Å². The van der Waals surface area contributed by atoms with Gasteiger partial charge in [-0.25, -0.2) is 8.42 Å². The predicted octanol–water partition coefficient (Wildman–Crippen LogP) is 4.53. The summed E-state index contributed by atoms with van der Waals surface area (Å²) in [5, 5.41) is 2.90. The first kappa shape index (κ1) is 29.7. The number of hydrogen-bond acceptors (Lipinski definition) is 5. The van der Waals surface area contributed by atoms with Gasteiger partial charge in [0.05, 0.1) is 17.7 Å². The average Bonchev–Trinajstić information content (AvgIpc) is 2.92. The van der Waals surface area contributed by atoms with Crippen molar-refractivity contribution in [2.24, 2.45) is 0 Å². The van der Waals surface area contributed by atoms with E-state index in [1.807, 2.05) is 52.0 Å². The second kappa shape index (κ2) is 13.3. The van der Waals surface area contributed by atoms with Gasteiger partial charge in [0.15, 0.2) is 0 Å². The second-order valence-electron chi connectivity index (χ2n) is 9.56. The van der Waals surface area contributed by atoms with Crippen LogP contribution in [0.5, 0.6) is 5.75 Å². The summed E-state index contributed by atoms with van der Waals surface area (Å²) >= 11 is 0. The Morgan fingerprint density at radius 1 is 0.949 bits per heavy atom. The van der Waals surface area contributed by atoms with Gasteiger partial charge in [0.1, 0.15) is 18.3 Å². The Hall–Kier alpha value is -3.85. The Balaban J connectivity index is 2.08. The number of carbonyl (C=O) groups is 2. The fourth-order valence-corrected chi connectivity index (χ4v) is 5.71. The lowest BCUT2D eigenvalue weighted by Gasteiger charge is -2.34. The minimum atomic E-state index is -4.13. The number of carbonyl (C=O) groups excluding carboxylic acids is 2. The highest BCUT2D eigenvalue weighted by Crippen LogP contribution is 2.28. The molecule has 8 nitrogen and oxygen atoms in total. The fraction of sp³-hybridized carbons (Fsp3) is 0.333. The van der Waals surface area contributed by atoms with Gasteiger partial charge in [-0.2, -0.15) is 0 Å². The fourth-order valence-electron chi connectivity index (χ4n) is 4.29. The summed E-state index contributed by atoms with van der Waals surface area (Å²) < 4.78 is 34.1. The highest BCUT2D eigenvalue weighted by atomic mass is 32.2. The molecule has 39 heavy (non-hydrogen) atoms. The molecular formula is C30H37N3O5S. The third-order valence-corrected chi connectivity index (χ3v) is 8.16. The molecule has 0 saturated heterocycles. The molecule has 0 aromatic heterocycles. The summed E-state index contributed by atoms with van der Waals surface area (Å²) in [6.45, 7) is 7.15. The molecule has 0 aliphatic carbocycles. The molecule has 3 aromatic rings. The van der Waals surface area contributed by atoms with Gasteiger partial charge in [-0.1, -0.05) is 55.5 Å². The first-order chi connectivity index (χ1) is 18.6. The molecule has 0 fully saturated rings. The maximum atomic E-state index is 14.1. The molecule has 3 rings (SSSR count). The van der Waals surface area contributed by atoms with Crippen LogP contribution >= 0.6 is 0 Å². The number of amides is 2. The van der Waals surface area contributed by atoms with Crippen LogP contribution in [0.15, 0.2) is 83.8 Å². The zero-order valence-electron chi connectivity index (χ0n) is 23.1. The zero-order chi connectivity index (χ0) is 28.6. The molecule has 208 valence electrons. The van der Waals surface area contributed by atoms with Crippen LogP contribution in [0.1, 0.15) is 38.3 Å². The van der Waals surface area contributed by atoms with E-state index < -0.39 is 28.5 Å². The maximum Gasteiger partial charge on any atom is 0.264 e. The normalized spacial score (nSPS) is 12.1. The van der Waals surface area contributed by atoms with Crippen molar-refractivity contribution in [1.82, 2.24) is 10.2 Å². The number of hydrogen-bond donors (Lipinski definition) is 1. The van der Waals surface area contributed by atoms with E-state index in [0.29, 0.717) is 12.2 Å². The van der Waals surface area contributed by atoms with Crippen molar-refractivity contribution in [2.45, 2.75) is 57.6 Å². The molecule has 3 aromatic carbocycles. The number of nitrogens with zero attached hydrogens (tertiary/aromatic N) is 2. The number of ether oxygens (including phenoxy) is 1. The topological polar surface area (TPSA) is 96.0 Å². The molecule has 0 radical (unpaired) electrons. The van der Waals surface area contributed by atoms with E-state index >= 15 is 0 Å². The number of rotatable bonds is 12. The van der Waals surface area contributed by atoms with Crippen LogP contribution in [0, 0.1) is 6.92 Å². The van der Waals surface area contributed by atoms with Gasteiger partial charge in [0.25, 0.3) is 10.0 Å². The SMILES string of the molecule is CC[C@@H](C(=O)NC(C)C)N(Cc1ccccc1C)C(=O)CN(c1cccc(OC)c1)S(=O)(=O)c1ccccc1. The van der Waals surface area contributed by atoms with Crippen LogP contribution in [0.3, 0.4) is 0 Å². The standard InChI is InChI=1S/C30H37N3O5S/c1-6-28(30(35)31-22(2)3)32(20-24-14-11-10-13-23(24)4)29(34)21-33(25-15-12-16-26(19-25)38-5)39(36,37)27-17-8-7-9-18-27/h7-19,22,28H,6,20-21H2,1-5H3,(H,31,35)/t28-/m0/s1. The van der Waals surface area contributed by atoms with E-state index in [1.54, 1.807) is 42.5 Å². The number of methoxy groups -OCH3 is 1. The van der Waals surface area contributed by atoms with Crippen LogP contribution in [-0.4, -0.2) is 50.9 Å². The number of sulfonamides is 1. The van der Waals surface area contributed by atoms with Gasteiger partial charge in [-0.05, 0) is 62.6 Å². The van der Waals surface area contributed by atoms with Crippen LogP contribution in [-0.2, 0) is 26.2 Å². The third kappa shape index (κ3) is 7.38. The summed E-state index contributed by atoms with van der Waals surface area (Å²) in [4.78, 5) is 28.8. The summed E-state index contributed by atoms with van der Waals surface area (Å²) in [5.74, 6) is -0.327. The van der Waals surface area contributed by atoms with Gasteiger partial charge in [0.2, 0.25) is 11.8 Å². The smallest absolute Gasteiger partial charge is 0.264 e. The highest BCUT2D eigenvalue weighted by Gasteiger charge is 2.34. The third-order valence-electron chi connectivity index (χ3n) is 6.37. The summed E-state index contributed by atoms with van der Waals surface area (Å²) in [7, 11) is -2.64. The molecular weight excluding hydrogens is 514 g/mol. The molecule has 0 aliphatic rings. The van der Waals surface area contributed by atoms with Crippen LogP contribution < -0.4 is 14.4 Å². The van der Waals surface area contributed by atoms with Crippen molar-refractivity contribution in [3.8, 4) is 5.75 Å². The molecule has 9 heteroatoms. The van der Waals surface area contributed by atoms with Crippen molar-refractivity contribution in [2.75, 3.05) is 18.0 Å². The van der Waals surface area contributed by atoms with E-state index in [9.17, 15) is 18.0 Å². The molecule has 0 saturated carbocycles. The highest BCUT2D eigenvalue weighted by molar-refractivity contribution is 7.92. The first-order valence-electron chi connectivity index (χ1n) is 12.9. The van der Waals surface area contributed by atoms with Crippen LogP contribution in [0.25, 0.3) is 0 Å². The Kier molecular flexibility index (Phi) is 10.1. The molecule has 0 heterocycles. The number of anilines is 1. The molecule has 0 unspecified atom stereocenters. The predicted molar refractivity (Wildman–Crippen MR) is 153 cm³/mol. The summed E-state index contributed by atoms with van der Waals surface area (Å²) in [5.41, 5.74) is 2.12. The number of benzene rings is 3. The lowest BCUT2D eigenvalue weighted by molar-refractivity contribution is -0.140. The Morgan fingerprint density at radius 3 is 2.23 bits per heavy atom. The van der Waals surface area contributed by atoms with Gasteiger partial charge in [0, 0.05) is 18.7 Å². The Morgan fingerprint density at radius 2 is 1.62 bits per heavy atom. The van der Waals surface area contributed by atoms with E-state index in [4.69, 9.17) is 4.74 Å². The molecule has 2 amide bonds. The van der Waals surface area contributed by atoms with Crippen molar-refractivity contribution < 1.29 is 22.7 Å². The van der Waals surface area contributed by atoms with E-state index in [1.165, 1.54) is 24.1 Å². The number of nitrogens with one attached hydrogen (secondary N) is 1. The number of aryl methyl sites for hydroxylation is 1. The van der Waals surface area contributed by atoms with Gasteiger partial charge in [-0.3, -0.25) is 13.9 Å². The quantitative estimate of drug-likeness (QED) is 0.357. The lowest BCUT2D eigenvalue weighted by atomic mass is 10.1. The van der Waals surface area contributed by atoms with E-state index in [0.717, 1.165) is 15.4 Å². The zero-order valence-corrected chi connectivity index (χ0v) is 23.9. The lowest BCUT2D eigenvalue weighted by Crippen LogP contribution is -2.53. The van der Waals surface area contributed by atoms with E-state index in [2.05, 4.69) is 5.32 Å². The van der Waals surface area contributed by atoms with Crippen LogP contribution in [0.2, 0.25) is 0 Å². The van der Waals surface area contributed by atoms with Crippen molar-refractivity contribution >= 4 is 27.5 Å². The van der Waals surface area contributed by atoms with Gasteiger partial charge >= 0.3 is 0 Å². The van der Waals surface area contributed by atoms with Crippen LogP contribution in [0.4, 0.5) is 5.69 Å². The van der Waals surface area contributed by atoms with E-state index in [-0.39, 0.29) is 29.1 Å². The largest absolute Gasteiger partial charge is 0.497 e. The molecule has 0 aliphatic heterocycles. The maximum absolute atomic E-state index is 14.1. The molecule has 1 N–H and O–H groups in total. The summed E-state index contributed by atoms with van der Waals surface area (Å²) in [6.07, 6.45) is 0.362. The summed E-state index contributed by atoms with van der Waals surface area (Å²) in [6, 6.07) is 21.3. The first-order valence-corrected chi connectivity index (χ1v) is 14.4. The van der Waals surface area contributed by atoms with Gasteiger partial charge in [-0.15, -0.1) is 0 Å². The second-order valence-corrected chi connectivity index (χ2v) is 11.4. The molecule has 0 spiro atoms. The minimum Gasteiger partial charge on any atom is -0.497 e. The molecule has 0 bridgehead atoms. The minimum absolute atomic E-state index is 0.0515. The van der Waals surface area contributed by atoms with Gasteiger partial charge < -0.3 is 15.0 Å². The Labute approximate surface area is 231 Å². The Bertz CT molecular complexity index is 1380. The van der Waals surface area contributed by atoms with Crippen molar-refractivity contribution in [3.05, 3.63) is 90.0 Å². The van der Waals surface area contributed by atoms with Crippen molar-refractivity contribution in [1.29, 1.82) is 0 Å². The average molecular weight is 552 g/mol. The monoisotopic (exact) mass is 551 g/mol.